The molecule has 0 aliphatic carbocycles. The molecular formula is C27H24N6. The van der Waals surface area contributed by atoms with Crippen LogP contribution in [-0.2, 0) is 0 Å². The smallest absolute Gasteiger partial charge is 0.150 e. The largest absolute Gasteiger partial charge is 0.382 e. The van der Waals surface area contributed by atoms with Gasteiger partial charge in [0.25, 0.3) is 0 Å². The normalized spacial score (nSPS) is 14.6. The van der Waals surface area contributed by atoms with Crippen LogP contribution in [0.3, 0.4) is 0 Å². The first-order valence-electron chi connectivity index (χ1n) is 11.1. The zero-order valence-electron chi connectivity index (χ0n) is 18.4. The van der Waals surface area contributed by atoms with Crippen molar-refractivity contribution in [3.05, 3.63) is 85.0 Å². The van der Waals surface area contributed by atoms with E-state index in [-0.39, 0.29) is 0 Å². The Kier molecular flexibility index (Phi) is 4.66. The number of pyridine rings is 1. The molecule has 4 heterocycles. The first-order valence-corrected chi connectivity index (χ1v) is 11.1. The molecule has 1 aliphatic heterocycles. The number of aromatic nitrogens is 4. The molecule has 0 fully saturated rings. The number of imidazole rings is 1. The van der Waals surface area contributed by atoms with Crippen LogP contribution in [0.2, 0.25) is 0 Å². The van der Waals surface area contributed by atoms with Crippen molar-refractivity contribution in [2.75, 3.05) is 25.9 Å². The Hall–Kier alpha value is -4.03. The van der Waals surface area contributed by atoms with Crippen molar-refractivity contribution in [3.8, 4) is 22.5 Å². The number of nitrogen functional groups attached to an aromatic ring is 1. The van der Waals surface area contributed by atoms with Crippen LogP contribution in [0.15, 0.2) is 79.1 Å². The van der Waals surface area contributed by atoms with Crippen LogP contribution in [0.4, 0.5) is 5.82 Å². The van der Waals surface area contributed by atoms with Gasteiger partial charge in [0.1, 0.15) is 22.9 Å². The predicted octanol–water partition coefficient (Wildman–Crippen LogP) is 4.91. The first kappa shape index (κ1) is 19.6. The highest BCUT2D eigenvalue weighted by Gasteiger charge is 2.20. The highest BCUT2D eigenvalue weighted by molar-refractivity contribution is 5.92. The minimum absolute atomic E-state index is 0.478. The lowest BCUT2D eigenvalue weighted by Crippen LogP contribution is -2.24. The van der Waals surface area contributed by atoms with E-state index in [2.05, 4.69) is 69.9 Å². The van der Waals surface area contributed by atoms with E-state index in [4.69, 9.17) is 15.7 Å². The van der Waals surface area contributed by atoms with Crippen molar-refractivity contribution < 1.29 is 0 Å². The maximum Gasteiger partial charge on any atom is 0.150 e. The molecule has 6 rings (SSSR count). The van der Waals surface area contributed by atoms with E-state index in [1.165, 1.54) is 5.57 Å². The minimum atomic E-state index is 0.478. The zero-order valence-corrected chi connectivity index (χ0v) is 18.4. The molecular weight excluding hydrogens is 408 g/mol. The van der Waals surface area contributed by atoms with Gasteiger partial charge in [-0.15, -0.1) is 0 Å². The second-order valence-corrected chi connectivity index (χ2v) is 8.53. The number of fused-ring (bicyclic) bond motifs is 2. The number of nitrogens with two attached hydrogens (primary N) is 1. The summed E-state index contributed by atoms with van der Waals surface area (Å²) in [5.74, 6) is 1.42. The molecule has 5 aromatic rings. The zero-order chi connectivity index (χ0) is 22.4. The summed E-state index contributed by atoms with van der Waals surface area (Å²) in [5, 5.41) is 1.09. The van der Waals surface area contributed by atoms with Gasteiger partial charge in [0, 0.05) is 42.0 Å². The maximum absolute atomic E-state index is 6.36. The number of nitrogens with zero attached hydrogens (tertiary/aromatic N) is 5. The Labute approximate surface area is 192 Å². The summed E-state index contributed by atoms with van der Waals surface area (Å²) in [6.07, 6.45) is 6.90. The van der Waals surface area contributed by atoms with Gasteiger partial charge in [-0.1, -0.05) is 54.6 Å². The number of benzene rings is 2. The summed E-state index contributed by atoms with van der Waals surface area (Å²) in [5.41, 5.74) is 13.2. The SMILES string of the molecule is CN1CC=C(c2nc(-c3ccc4ccc(-c5ccccc5)nc4c3)c3c(N)nccn23)CC1. The fourth-order valence-corrected chi connectivity index (χ4v) is 4.50. The summed E-state index contributed by atoms with van der Waals surface area (Å²) in [6.45, 7) is 1.93. The minimum Gasteiger partial charge on any atom is -0.382 e. The van der Waals surface area contributed by atoms with Crippen molar-refractivity contribution in [2.24, 2.45) is 0 Å². The van der Waals surface area contributed by atoms with Gasteiger partial charge in [0.05, 0.1) is 11.2 Å². The maximum atomic E-state index is 6.36. The average Bonchev–Trinajstić information content (AvgIpc) is 3.25. The summed E-state index contributed by atoms with van der Waals surface area (Å²) < 4.78 is 2.08. The Bertz CT molecular complexity index is 1520. The molecule has 0 unspecified atom stereocenters. The Morgan fingerprint density at radius 1 is 0.939 bits per heavy atom. The summed E-state index contributed by atoms with van der Waals surface area (Å²) in [4.78, 5) is 16.7. The molecule has 1 aliphatic rings. The summed E-state index contributed by atoms with van der Waals surface area (Å²) in [6, 6.07) is 20.7. The number of likely N-dealkylation sites (N-methyl/N-ethyl adjacent to an activating group) is 1. The van der Waals surface area contributed by atoms with Crippen LogP contribution in [0.25, 0.3) is 44.5 Å². The number of rotatable bonds is 3. The van der Waals surface area contributed by atoms with Crippen molar-refractivity contribution in [3.63, 3.8) is 0 Å². The van der Waals surface area contributed by atoms with Gasteiger partial charge < -0.3 is 10.6 Å². The molecule has 2 N–H and O–H groups in total. The third kappa shape index (κ3) is 3.45. The van der Waals surface area contributed by atoms with Crippen LogP contribution >= 0.6 is 0 Å². The Morgan fingerprint density at radius 3 is 2.61 bits per heavy atom. The summed E-state index contributed by atoms with van der Waals surface area (Å²) in [7, 11) is 2.13. The molecule has 33 heavy (non-hydrogen) atoms. The Balaban J connectivity index is 1.52. The molecule has 0 bridgehead atoms. The average molecular weight is 433 g/mol. The van der Waals surface area contributed by atoms with Crippen LogP contribution in [0.1, 0.15) is 12.2 Å². The van der Waals surface area contributed by atoms with Crippen molar-refractivity contribution in [1.82, 2.24) is 24.3 Å². The molecule has 6 heteroatoms. The molecule has 0 amide bonds. The molecule has 0 atom stereocenters. The fraction of sp³-hybridized carbons (Fsp3) is 0.148. The quantitative estimate of drug-likeness (QED) is 0.438. The van der Waals surface area contributed by atoms with Gasteiger partial charge in [0.15, 0.2) is 0 Å². The van der Waals surface area contributed by atoms with E-state index >= 15 is 0 Å². The van der Waals surface area contributed by atoms with Crippen LogP contribution < -0.4 is 5.73 Å². The van der Waals surface area contributed by atoms with E-state index in [1.807, 2.05) is 24.4 Å². The Morgan fingerprint density at radius 2 is 1.79 bits per heavy atom. The third-order valence-electron chi connectivity index (χ3n) is 6.32. The van der Waals surface area contributed by atoms with Gasteiger partial charge in [-0.25, -0.2) is 15.0 Å². The monoisotopic (exact) mass is 432 g/mol. The van der Waals surface area contributed by atoms with Crippen molar-refractivity contribution in [1.29, 1.82) is 0 Å². The highest BCUT2D eigenvalue weighted by Crippen LogP contribution is 2.33. The van der Waals surface area contributed by atoms with Gasteiger partial charge in [-0.3, -0.25) is 4.40 Å². The molecule has 6 nitrogen and oxygen atoms in total. The molecule has 3 aromatic heterocycles. The lowest BCUT2D eigenvalue weighted by molar-refractivity contribution is 0.369. The number of hydrogen-bond acceptors (Lipinski definition) is 5. The molecule has 162 valence electrons. The van der Waals surface area contributed by atoms with Crippen LogP contribution in [0, 0.1) is 0 Å². The first-order chi connectivity index (χ1) is 16.2. The van der Waals surface area contributed by atoms with Crippen molar-refractivity contribution >= 4 is 27.8 Å². The van der Waals surface area contributed by atoms with E-state index in [9.17, 15) is 0 Å². The molecule has 0 saturated heterocycles. The second-order valence-electron chi connectivity index (χ2n) is 8.53. The number of hydrogen-bond donors (Lipinski definition) is 1. The van der Waals surface area contributed by atoms with Gasteiger partial charge in [0.2, 0.25) is 0 Å². The van der Waals surface area contributed by atoms with Gasteiger partial charge in [-0.2, -0.15) is 0 Å². The topological polar surface area (TPSA) is 72.3 Å². The standard InChI is InChI=1S/C27H24N6/c1-32-14-11-20(12-15-32)27-31-24(25-26(28)29-13-16-33(25)27)21-8-7-19-9-10-22(30-23(19)17-21)18-5-3-2-4-6-18/h2-11,13,16-17H,12,14-15H2,1H3,(H2,28,29). The number of anilines is 1. The molecule has 0 radical (unpaired) electrons. The highest BCUT2D eigenvalue weighted by atomic mass is 15.1. The molecule has 0 saturated carbocycles. The van der Waals surface area contributed by atoms with E-state index in [0.29, 0.717) is 5.82 Å². The van der Waals surface area contributed by atoms with E-state index in [0.717, 1.165) is 64.3 Å². The van der Waals surface area contributed by atoms with Gasteiger partial charge >= 0.3 is 0 Å². The predicted molar refractivity (Wildman–Crippen MR) is 134 cm³/mol. The third-order valence-corrected chi connectivity index (χ3v) is 6.32. The second kappa shape index (κ2) is 7.83. The summed E-state index contributed by atoms with van der Waals surface area (Å²) >= 11 is 0. The van der Waals surface area contributed by atoms with E-state index in [1.54, 1.807) is 6.20 Å². The lowest BCUT2D eigenvalue weighted by Gasteiger charge is -2.21. The molecule has 0 spiro atoms. The fourth-order valence-electron chi connectivity index (χ4n) is 4.50. The lowest BCUT2D eigenvalue weighted by atomic mass is 10.1. The van der Waals surface area contributed by atoms with Crippen LogP contribution in [-0.4, -0.2) is 44.4 Å². The van der Waals surface area contributed by atoms with E-state index < -0.39 is 0 Å². The van der Waals surface area contributed by atoms with Crippen molar-refractivity contribution in [2.45, 2.75) is 6.42 Å². The molecule has 2 aromatic carbocycles. The van der Waals surface area contributed by atoms with Crippen LogP contribution in [0.5, 0.6) is 0 Å². The van der Waals surface area contributed by atoms with Gasteiger partial charge in [-0.05, 0) is 31.2 Å².